The van der Waals surface area contributed by atoms with Gasteiger partial charge in [-0.05, 0) is 30.3 Å². The van der Waals surface area contributed by atoms with Crippen LogP contribution in [0.15, 0.2) is 47.6 Å². The lowest BCUT2D eigenvalue weighted by atomic mass is 10.2. The second kappa shape index (κ2) is 5.83. The molecule has 0 aliphatic carbocycles. The van der Waals surface area contributed by atoms with Crippen molar-refractivity contribution in [3.8, 4) is 5.75 Å². The van der Waals surface area contributed by atoms with Gasteiger partial charge in [0.2, 0.25) is 10.0 Å². The van der Waals surface area contributed by atoms with Crippen molar-refractivity contribution in [1.29, 1.82) is 0 Å². The molecular weight excluding hydrogens is 346 g/mol. The van der Waals surface area contributed by atoms with Gasteiger partial charge in [0.1, 0.15) is 12.1 Å². The zero-order valence-electron chi connectivity index (χ0n) is 12.8. The van der Waals surface area contributed by atoms with Crippen molar-refractivity contribution in [2.24, 2.45) is 0 Å². The zero-order valence-corrected chi connectivity index (χ0v) is 13.7. The van der Waals surface area contributed by atoms with E-state index in [0.29, 0.717) is 22.8 Å². The highest BCUT2D eigenvalue weighted by Crippen LogP contribution is 2.30. The SMILES string of the molecule is O=C1COc2ccc(S(=O)(=O)NCc3cccc4ncnn34)cc2N1. The second-order valence-corrected chi connectivity index (χ2v) is 7.13. The lowest BCUT2D eigenvalue weighted by Gasteiger charge is -2.18. The number of aromatic nitrogens is 3. The summed E-state index contributed by atoms with van der Waals surface area (Å²) in [5, 5.41) is 6.65. The molecule has 0 atom stereocenters. The fourth-order valence-corrected chi connectivity index (χ4v) is 3.54. The molecule has 0 spiro atoms. The number of pyridine rings is 1. The molecule has 4 rings (SSSR count). The van der Waals surface area contributed by atoms with E-state index in [2.05, 4.69) is 20.1 Å². The number of amides is 1. The summed E-state index contributed by atoms with van der Waals surface area (Å²) >= 11 is 0. The Morgan fingerprint density at radius 2 is 2.16 bits per heavy atom. The number of rotatable bonds is 4. The predicted octanol–water partition coefficient (Wildman–Crippen LogP) is 0.539. The van der Waals surface area contributed by atoms with Crippen LogP contribution in [0, 0.1) is 0 Å². The number of anilines is 1. The van der Waals surface area contributed by atoms with Crippen LogP contribution in [0.3, 0.4) is 0 Å². The normalized spacial score (nSPS) is 14.0. The minimum absolute atomic E-state index is 0.0304. The average molecular weight is 359 g/mol. The molecule has 3 heterocycles. The van der Waals surface area contributed by atoms with Crippen molar-refractivity contribution in [2.75, 3.05) is 11.9 Å². The van der Waals surface area contributed by atoms with E-state index in [1.54, 1.807) is 22.7 Å². The van der Waals surface area contributed by atoms with E-state index < -0.39 is 10.0 Å². The maximum Gasteiger partial charge on any atom is 0.262 e. The quantitative estimate of drug-likeness (QED) is 0.703. The molecule has 2 N–H and O–H groups in total. The first kappa shape index (κ1) is 15.5. The Labute approximate surface area is 142 Å². The number of sulfonamides is 1. The van der Waals surface area contributed by atoms with E-state index in [4.69, 9.17) is 4.74 Å². The molecule has 0 radical (unpaired) electrons. The number of benzene rings is 1. The number of nitrogens with zero attached hydrogens (tertiary/aromatic N) is 3. The van der Waals surface area contributed by atoms with Gasteiger partial charge < -0.3 is 10.1 Å². The summed E-state index contributed by atoms with van der Waals surface area (Å²) in [5.74, 6) is 0.110. The van der Waals surface area contributed by atoms with Crippen LogP contribution in [0.5, 0.6) is 5.75 Å². The first-order chi connectivity index (χ1) is 12.0. The molecule has 25 heavy (non-hydrogen) atoms. The summed E-state index contributed by atoms with van der Waals surface area (Å²) in [4.78, 5) is 15.5. The van der Waals surface area contributed by atoms with Crippen LogP contribution in [0.25, 0.3) is 5.65 Å². The Balaban J connectivity index is 1.59. The topological polar surface area (TPSA) is 115 Å². The van der Waals surface area contributed by atoms with Crippen LogP contribution >= 0.6 is 0 Å². The molecule has 0 bridgehead atoms. The number of ether oxygens (including phenoxy) is 1. The molecular formula is C15H13N5O4S. The number of fused-ring (bicyclic) bond motifs is 2. The molecule has 0 saturated heterocycles. The molecule has 1 aliphatic rings. The van der Waals surface area contributed by atoms with Gasteiger partial charge in [-0.15, -0.1) is 0 Å². The first-order valence-electron chi connectivity index (χ1n) is 7.37. The Hall–Kier alpha value is -2.98. The van der Waals surface area contributed by atoms with Gasteiger partial charge in [-0.1, -0.05) is 6.07 Å². The van der Waals surface area contributed by atoms with Crippen LogP contribution in [-0.2, 0) is 21.4 Å². The second-order valence-electron chi connectivity index (χ2n) is 5.37. The standard InChI is InChI=1S/C15H13N5O4S/c21-15-8-24-13-5-4-11(6-12(13)19-15)25(22,23)18-7-10-2-1-3-14-16-9-17-20(10)14/h1-6,9,18H,7-8H2,(H,19,21). The third-order valence-electron chi connectivity index (χ3n) is 3.72. The number of carbonyl (C=O) groups is 1. The van der Waals surface area contributed by atoms with Gasteiger partial charge in [0.25, 0.3) is 5.91 Å². The predicted molar refractivity (Wildman–Crippen MR) is 87.6 cm³/mol. The van der Waals surface area contributed by atoms with Crippen LogP contribution in [0.1, 0.15) is 5.69 Å². The largest absolute Gasteiger partial charge is 0.482 e. The fourth-order valence-electron chi connectivity index (χ4n) is 2.52. The third kappa shape index (κ3) is 2.92. The van der Waals surface area contributed by atoms with Crippen molar-refractivity contribution in [3.05, 3.63) is 48.4 Å². The van der Waals surface area contributed by atoms with Gasteiger partial charge in [0.05, 0.1) is 22.8 Å². The summed E-state index contributed by atoms with van der Waals surface area (Å²) in [5.41, 5.74) is 1.61. The summed E-state index contributed by atoms with van der Waals surface area (Å²) in [6.07, 6.45) is 1.40. The molecule has 128 valence electrons. The highest BCUT2D eigenvalue weighted by Gasteiger charge is 2.21. The Morgan fingerprint density at radius 3 is 3.04 bits per heavy atom. The van der Waals surface area contributed by atoms with E-state index in [1.165, 1.54) is 24.5 Å². The highest BCUT2D eigenvalue weighted by atomic mass is 32.2. The Morgan fingerprint density at radius 1 is 1.28 bits per heavy atom. The molecule has 1 aliphatic heterocycles. The van der Waals surface area contributed by atoms with Gasteiger partial charge in [-0.3, -0.25) is 4.79 Å². The van der Waals surface area contributed by atoms with E-state index in [1.807, 2.05) is 0 Å². The third-order valence-corrected chi connectivity index (χ3v) is 5.12. The van der Waals surface area contributed by atoms with E-state index in [-0.39, 0.29) is 24.0 Å². The number of hydrogen-bond acceptors (Lipinski definition) is 6. The summed E-state index contributed by atoms with van der Waals surface area (Å²) in [7, 11) is -3.78. The van der Waals surface area contributed by atoms with Crippen LogP contribution in [-0.4, -0.2) is 35.5 Å². The maximum atomic E-state index is 12.5. The molecule has 1 amide bonds. The van der Waals surface area contributed by atoms with Crippen molar-refractivity contribution in [2.45, 2.75) is 11.4 Å². The van der Waals surface area contributed by atoms with Crippen LogP contribution in [0.2, 0.25) is 0 Å². The van der Waals surface area contributed by atoms with E-state index in [9.17, 15) is 13.2 Å². The fraction of sp³-hybridized carbons (Fsp3) is 0.133. The summed E-state index contributed by atoms with van der Waals surface area (Å²) in [6.45, 7) is -0.0394. The number of carbonyl (C=O) groups excluding carboxylic acids is 1. The highest BCUT2D eigenvalue weighted by molar-refractivity contribution is 7.89. The summed E-state index contributed by atoms with van der Waals surface area (Å²) in [6, 6.07) is 9.61. The Bertz CT molecular complexity index is 1080. The molecule has 0 unspecified atom stereocenters. The molecule has 0 saturated carbocycles. The minimum atomic E-state index is -3.78. The van der Waals surface area contributed by atoms with Gasteiger partial charge in [-0.2, -0.15) is 5.10 Å². The monoisotopic (exact) mass is 359 g/mol. The maximum absolute atomic E-state index is 12.5. The zero-order chi connectivity index (χ0) is 17.4. The van der Waals surface area contributed by atoms with Crippen molar-refractivity contribution >= 4 is 27.3 Å². The van der Waals surface area contributed by atoms with Crippen molar-refractivity contribution in [1.82, 2.24) is 19.3 Å². The van der Waals surface area contributed by atoms with E-state index in [0.717, 1.165) is 0 Å². The van der Waals surface area contributed by atoms with Crippen molar-refractivity contribution < 1.29 is 17.9 Å². The van der Waals surface area contributed by atoms with Gasteiger partial charge >= 0.3 is 0 Å². The minimum Gasteiger partial charge on any atom is -0.482 e. The van der Waals surface area contributed by atoms with Gasteiger partial charge in [0.15, 0.2) is 12.3 Å². The molecule has 3 aromatic rings. The lowest BCUT2D eigenvalue weighted by molar-refractivity contribution is -0.118. The van der Waals surface area contributed by atoms with Crippen LogP contribution < -0.4 is 14.8 Å². The van der Waals surface area contributed by atoms with E-state index >= 15 is 0 Å². The van der Waals surface area contributed by atoms with Crippen molar-refractivity contribution in [3.63, 3.8) is 0 Å². The molecule has 10 heteroatoms. The smallest absolute Gasteiger partial charge is 0.262 e. The van der Waals surface area contributed by atoms with Gasteiger partial charge in [0, 0.05) is 0 Å². The van der Waals surface area contributed by atoms with Crippen LogP contribution in [0.4, 0.5) is 5.69 Å². The molecule has 1 aromatic carbocycles. The molecule has 9 nitrogen and oxygen atoms in total. The van der Waals surface area contributed by atoms with Gasteiger partial charge in [-0.25, -0.2) is 22.6 Å². The number of hydrogen-bond donors (Lipinski definition) is 2. The molecule has 2 aromatic heterocycles. The summed E-state index contributed by atoms with van der Waals surface area (Å²) < 4.78 is 34.4. The lowest BCUT2D eigenvalue weighted by Crippen LogP contribution is -2.27. The average Bonchev–Trinajstić information content (AvgIpc) is 3.08. The first-order valence-corrected chi connectivity index (χ1v) is 8.85. The number of nitrogens with one attached hydrogen (secondary N) is 2. The Kier molecular flexibility index (Phi) is 3.62. The molecule has 0 fully saturated rings.